The first-order valence-corrected chi connectivity index (χ1v) is 8.83. The van der Waals surface area contributed by atoms with Gasteiger partial charge in [0.25, 0.3) is 0 Å². The Morgan fingerprint density at radius 1 is 1.44 bits per heavy atom. The lowest BCUT2D eigenvalue weighted by Crippen LogP contribution is -2.43. The first-order chi connectivity index (χ1) is 12.7. The van der Waals surface area contributed by atoms with Crippen molar-refractivity contribution in [1.29, 1.82) is 0 Å². The van der Waals surface area contributed by atoms with Crippen LogP contribution >= 0.6 is 0 Å². The normalized spacial score (nSPS) is 35.9. The lowest BCUT2D eigenvalue weighted by Gasteiger charge is -2.34. The Labute approximate surface area is 157 Å². The van der Waals surface area contributed by atoms with E-state index in [0.717, 1.165) is 11.6 Å². The number of esters is 2. The highest BCUT2D eigenvalue weighted by atomic mass is 16.6. The Kier molecular flexibility index (Phi) is 5.12. The van der Waals surface area contributed by atoms with E-state index in [1.165, 1.54) is 0 Å². The fraction of sp³-hybridized carbons (Fsp3) is 0.500. The minimum absolute atomic E-state index is 0.0882. The molecular weight excluding hydrogens is 352 g/mol. The molecule has 7 heteroatoms. The summed E-state index contributed by atoms with van der Waals surface area (Å²) in [5, 5.41) is 29.5. The van der Waals surface area contributed by atoms with Gasteiger partial charge in [0.15, 0.2) is 0 Å². The average Bonchev–Trinajstić information content (AvgIpc) is 3.05. The molecule has 2 aliphatic carbocycles. The summed E-state index contributed by atoms with van der Waals surface area (Å²) in [7, 11) is 0. The number of hydrogen-bond donors (Lipinski definition) is 3. The van der Waals surface area contributed by atoms with E-state index in [1.54, 1.807) is 0 Å². The maximum absolute atomic E-state index is 12.4. The van der Waals surface area contributed by atoms with Crippen molar-refractivity contribution in [3.8, 4) is 0 Å². The van der Waals surface area contributed by atoms with E-state index in [2.05, 4.69) is 13.2 Å². The van der Waals surface area contributed by atoms with Crippen molar-refractivity contribution in [1.82, 2.24) is 0 Å². The molecule has 0 amide bonds. The Morgan fingerprint density at radius 3 is 2.78 bits per heavy atom. The van der Waals surface area contributed by atoms with Crippen LogP contribution < -0.4 is 0 Å². The van der Waals surface area contributed by atoms with Gasteiger partial charge in [-0.05, 0) is 25.0 Å². The van der Waals surface area contributed by atoms with Crippen molar-refractivity contribution in [2.24, 2.45) is 11.8 Å². The second-order valence-electron chi connectivity index (χ2n) is 7.30. The van der Waals surface area contributed by atoms with E-state index < -0.39 is 54.8 Å². The Bertz CT molecular complexity index is 762. The van der Waals surface area contributed by atoms with Crippen LogP contribution in [0.3, 0.4) is 0 Å². The molecule has 3 rings (SSSR count). The summed E-state index contributed by atoms with van der Waals surface area (Å²) in [4.78, 5) is 24.6. The molecule has 0 bridgehead atoms. The summed E-state index contributed by atoms with van der Waals surface area (Å²) < 4.78 is 11.1. The summed E-state index contributed by atoms with van der Waals surface area (Å²) in [6.07, 6.45) is 2.00. The van der Waals surface area contributed by atoms with E-state index >= 15 is 0 Å². The quantitative estimate of drug-likeness (QED) is 0.373. The predicted molar refractivity (Wildman–Crippen MR) is 95.2 cm³/mol. The van der Waals surface area contributed by atoms with Crippen LogP contribution in [-0.4, -0.2) is 58.3 Å². The van der Waals surface area contributed by atoms with Crippen LogP contribution in [0, 0.1) is 11.8 Å². The van der Waals surface area contributed by atoms with Crippen LogP contribution in [0.5, 0.6) is 0 Å². The molecule has 1 saturated heterocycles. The van der Waals surface area contributed by atoms with Crippen molar-refractivity contribution in [3.05, 3.63) is 47.6 Å². The van der Waals surface area contributed by atoms with Gasteiger partial charge < -0.3 is 24.8 Å². The molecule has 0 spiro atoms. The molecule has 5 unspecified atom stereocenters. The third-order valence-corrected chi connectivity index (χ3v) is 5.82. The lowest BCUT2D eigenvalue weighted by atomic mass is 9.77. The third kappa shape index (κ3) is 3.05. The highest BCUT2D eigenvalue weighted by molar-refractivity contribution is 5.92. The zero-order valence-electron chi connectivity index (χ0n) is 15.2. The number of carbonyl (C=O) groups excluding carboxylic acids is 2. The fourth-order valence-electron chi connectivity index (χ4n) is 4.36. The van der Waals surface area contributed by atoms with Gasteiger partial charge in [0.05, 0.1) is 36.2 Å². The van der Waals surface area contributed by atoms with Gasteiger partial charge in [-0.3, -0.25) is 0 Å². The molecule has 5 atom stereocenters. The molecule has 1 heterocycles. The molecule has 3 N–H and O–H groups in total. The molecule has 1 saturated carbocycles. The third-order valence-electron chi connectivity index (χ3n) is 5.82. The molecule has 146 valence electrons. The summed E-state index contributed by atoms with van der Waals surface area (Å²) in [5.41, 5.74) is 0.202. The standard InChI is InChI=1S/C20H24O7/c1-10-4-6-20(25)11(2)8-14(26-19(24)13(9-22)5-7-21)15-12(3)18(23)27-17(15)16(10)20/h4-5,14-17,21-22,25H,2-3,6-9H2,1H3. The Hall–Kier alpha value is -2.22. The SMILES string of the molecule is C=C1C(=O)OC2C1C(OC(=O)C(=CCO)CO)CC(=C)C1(O)CC=C(C)C21. The van der Waals surface area contributed by atoms with Crippen molar-refractivity contribution in [2.45, 2.75) is 37.6 Å². The number of carbonyl (C=O) groups is 2. The predicted octanol–water partition coefficient (Wildman–Crippen LogP) is 0.564. The number of fused-ring (bicyclic) bond motifs is 3. The van der Waals surface area contributed by atoms with Crippen LogP contribution in [0.1, 0.15) is 19.8 Å². The maximum Gasteiger partial charge on any atom is 0.336 e. The summed E-state index contributed by atoms with van der Waals surface area (Å²) in [6, 6.07) is 0. The molecule has 0 radical (unpaired) electrons. The lowest BCUT2D eigenvalue weighted by molar-refractivity contribution is -0.149. The van der Waals surface area contributed by atoms with Gasteiger partial charge in [0.1, 0.15) is 12.2 Å². The van der Waals surface area contributed by atoms with E-state index in [9.17, 15) is 19.8 Å². The van der Waals surface area contributed by atoms with E-state index in [4.69, 9.17) is 14.6 Å². The van der Waals surface area contributed by atoms with Crippen LogP contribution in [0.2, 0.25) is 0 Å². The molecule has 27 heavy (non-hydrogen) atoms. The Morgan fingerprint density at radius 2 is 2.15 bits per heavy atom. The van der Waals surface area contributed by atoms with Crippen molar-refractivity contribution in [3.63, 3.8) is 0 Å². The number of hydrogen-bond acceptors (Lipinski definition) is 7. The Balaban J connectivity index is 1.98. The summed E-state index contributed by atoms with van der Waals surface area (Å²) >= 11 is 0. The zero-order chi connectivity index (χ0) is 19.9. The molecule has 0 aromatic heterocycles. The number of ether oxygens (including phenoxy) is 2. The minimum Gasteiger partial charge on any atom is -0.458 e. The molecule has 2 fully saturated rings. The van der Waals surface area contributed by atoms with Gasteiger partial charge in [0, 0.05) is 12.0 Å². The first kappa shape index (κ1) is 19.5. The van der Waals surface area contributed by atoms with Gasteiger partial charge in [-0.1, -0.05) is 24.8 Å². The highest BCUT2D eigenvalue weighted by Crippen LogP contribution is 2.53. The summed E-state index contributed by atoms with van der Waals surface area (Å²) in [6.45, 7) is 8.66. The monoisotopic (exact) mass is 376 g/mol. The average molecular weight is 376 g/mol. The van der Waals surface area contributed by atoms with Crippen LogP contribution in [-0.2, 0) is 19.1 Å². The van der Waals surface area contributed by atoms with E-state index in [0.29, 0.717) is 12.0 Å². The van der Waals surface area contributed by atoms with Crippen LogP contribution in [0.15, 0.2) is 47.6 Å². The van der Waals surface area contributed by atoms with Gasteiger partial charge in [-0.15, -0.1) is 0 Å². The second-order valence-corrected chi connectivity index (χ2v) is 7.30. The van der Waals surface area contributed by atoms with Crippen LogP contribution in [0.25, 0.3) is 0 Å². The van der Waals surface area contributed by atoms with Crippen LogP contribution in [0.4, 0.5) is 0 Å². The van der Waals surface area contributed by atoms with Gasteiger partial charge in [0.2, 0.25) is 0 Å². The molecule has 3 aliphatic rings. The van der Waals surface area contributed by atoms with Gasteiger partial charge >= 0.3 is 11.9 Å². The molecule has 1 aliphatic heterocycles. The molecule has 0 aromatic rings. The van der Waals surface area contributed by atoms with Crippen molar-refractivity contribution >= 4 is 11.9 Å². The molecule has 0 aromatic carbocycles. The van der Waals surface area contributed by atoms with E-state index in [1.807, 2.05) is 13.0 Å². The fourth-order valence-corrected chi connectivity index (χ4v) is 4.36. The number of aliphatic hydroxyl groups excluding tert-OH is 2. The summed E-state index contributed by atoms with van der Waals surface area (Å²) in [5.74, 6) is -2.49. The van der Waals surface area contributed by atoms with Gasteiger partial charge in [-0.2, -0.15) is 0 Å². The zero-order valence-corrected chi connectivity index (χ0v) is 15.2. The van der Waals surface area contributed by atoms with Crippen molar-refractivity contribution < 1.29 is 34.4 Å². The number of rotatable bonds is 4. The van der Waals surface area contributed by atoms with E-state index in [-0.39, 0.29) is 17.6 Å². The minimum atomic E-state index is -1.28. The topological polar surface area (TPSA) is 113 Å². The van der Waals surface area contributed by atoms with Crippen molar-refractivity contribution in [2.75, 3.05) is 13.2 Å². The second kappa shape index (κ2) is 7.07. The maximum atomic E-state index is 12.4. The molecular formula is C20H24O7. The number of aliphatic hydroxyl groups is 3. The first-order valence-electron chi connectivity index (χ1n) is 8.83. The molecule has 7 nitrogen and oxygen atoms in total. The van der Waals surface area contributed by atoms with Gasteiger partial charge in [-0.25, -0.2) is 9.59 Å². The highest BCUT2D eigenvalue weighted by Gasteiger charge is 2.59. The smallest absolute Gasteiger partial charge is 0.336 e. The largest absolute Gasteiger partial charge is 0.458 e.